The first-order valence-corrected chi connectivity index (χ1v) is 26.0. The van der Waals surface area contributed by atoms with E-state index in [1.807, 2.05) is 11.8 Å². The predicted molar refractivity (Wildman–Crippen MR) is 266 cm³/mol. The molecule has 13 nitrogen and oxygen atoms in total. The van der Waals surface area contributed by atoms with E-state index in [2.05, 4.69) is 30.4 Å². The van der Waals surface area contributed by atoms with Gasteiger partial charge in [-0.1, -0.05) is 13.0 Å². The number of alkyl halides is 1. The summed E-state index contributed by atoms with van der Waals surface area (Å²) in [6.07, 6.45) is 9.37. The molecule has 6 heterocycles. The number of carbonyl (C=O) groups excluding carboxylic acids is 2. The quantitative estimate of drug-likeness (QED) is 0.0658. The highest BCUT2D eigenvalue weighted by molar-refractivity contribution is 6.02. The van der Waals surface area contributed by atoms with E-state index < -0.39 is 52.4 Å². The van der Waals surface area contributed by atoms with E-state index in [0.29, 0.717) is 111 Å². The summed E-state index contributed by atoms with van der Waals surface area (Å²) >= 11 is 0. The van der Waals surface area contributed by atoms with E-state index in [0.717, 1.165) is 45.3 Å². The number of nitrogens with one attached hydrogen (secondary N) is 2. The maximum absolute atomic E-state index is 17.1. The second kappa shape index (κ2) is 18.9. The van der Waals surface area contributed by atoms with Crippen LogP contribution in [0.1, 0.15) is 108 Å². The Morgan fingerprint density at radius 3 is 2.29 bits per heavy atom. The highest BCUT2D eigenvalue weighted by Gasteiger charge is 2.57. The van der Waals surface area contributed by atoms with E-state index >= 15 is 22.0 Å². The number of ether oxygens (including phenoxy) is 1. The predicted octanol–water partition coefficient (Wildman–Crippen LogP) is 8.86. The van der Waals surface area contributed by atoms with Gasteiger partial charge in [0.05, 0.1) is 17.6 Å². The van der Waals surface area contributed by atoms with Crippen LogP contribution in [0.3, 0.4) is 0 Å². The summed E-state index contributed by atoms with van der Waals surface area (Å²) in [5.74, 6) is -3.57. The number of anilines is 2. The number of rotatable bonds is 13. The number of hydrogen-bond donors (Lipinski definition) is 4. The maximum Gasteiger partial charge on any atom is 0.319 e. The molecule has 1 spiro atoms. The van der Waals surface area contributed by atoms with Crippen molar-refractivity contribution in [1.29, 1.82) is 0 Å². The average molecular weight is 1010 g/mol. The van der Waals surface area contributed by atoms with Crippen LogP contribution in [0.2, 0.25) is 0 Å². The second-order valence-electron chi connectivity index (χ2n) is 22.6. The van der Waals surface area contributed by atoms with Crippen molar-refractivity contribution in [3.8, 4) is 23.0 Å². The van der Waals surface area contributed by atoms with Gasteiger partial charge in [0.1, 0.15) is 57.6 Å². The average Bonchev–Trinajstić information content (AvgIpc) is 4.12. The molecule has 11 rings (SSSR count). The molecule has 1 unspecified atom stereocenters. The molecule has 2 amide bonds. The Labute approximate surface area is 420 Å². The van der Waals surface area contributed by atoms with Crippen LogP contribution in [0.5, 0.6) is 11.8 Å². The van der Waals surface area contributed by atoms with Gasteiger partial charge in [0, 0.05) is 49.8 Å². The molecule has 18 heteroatoms. The molecule has 2 atom stereocenters. The van der Waals surface area contributed by atoms with Gasteiger partial charge in [0.15, 0.2) is 5.82 Å². The van der Waals surface area contributed by atoms with Gasteiger partial charge in [0.2, 0.25) is 11.8 Å². The lowest BCUT2D eigenvalue weighted by Gasteiger charge is -2.56. The van der Waals surface area contributed by atoms with Gasteiger partial charge in [-0.3, -0.25) is 19.9 Å². The SMILES string of the molecule is CCc1c(F)ccc2cc(O)cc(-c3ncc4c(N5CCC[C@@](C)(O)C5)nc(OCC5(CN6CCC7(CC6)CC(F)(CN6CCC(c8cc(F)c(NC9CCC(=O)NC9=O)c(F)c8)CC6)C7)CC5)nc4c3F)c12. The molecule has 5 aromatic rings. The van der Waals surface area contributed by atoms with Crippen LogP contribution in [0.15, 0.2) is 42.6 Å². The summed E-state index contributed by atoms with van der Waals surface area (Å²) in [6.45, 7) is 8.81. The number of nitrogens with zero attached hydrogens (tertiary/aromatic N) is 6. The first kappa shape index (κ1) is 49.5. The van der Waals surface area contributed by atoms with E-state index in [1.165, 1.54) is 36.5 Å². The molecular weight excluding hydrogens is 948 g/mol. The Balaban J connectivity index is 0.712. The van der Waals surface area contributed by atoms with E-state index in [1.54, 1.807) is 13.0 Å². The number of aryl methyl sites for hydroxylation is 1. The van der Waals surface area contributed by atoms with E-state index in [-0.39, 0.29) is 70.4 Å². The number of benzene rings is 3. The zero-order valence-corrected chi connectivity index (χ0v) is 41.4. The molecule has 2 aliphatic carbocycles. The zero-order chi connectivity index (χ0) is 51.0. The molecule has 2 aromatic heterocycles. The minimum absolute atomic E-state index is 0.00436. The Morgan fingerprint density at radius 2 is 1.60 bits per heavy atom. The molecular formula is C55H63F5N8O5. The first-order chi connectivity index (χ1) is 34.9. The highest BCUT2D eigenvalue weighted by atomic mass is 19.2. The summed E-state index contributed by atoms with van der Waals surface area (Å²) in [6, 6.07) is 7.56. The summed E-state index contributed by atoms with van der Waals surface area (Å²) in [5.41, 5.74) is -1.80. The number of amides is 2. The maximum atomic E-state index is 17.1. The van der Waals surface area contributed by atoms with Crippen molar-refractivity contribution in [2.75, 3.05) is 69.2 Å². The first-order valence-electron chi connectivity index (χ1n) is 26.0. The lowest BCUT2D eigenvalue weighted by atomic mass is 9.55. The molecule has 388 valence electrons. The molecule has 3 aromatic carbocycles. The number of aliphatic hydroxyl groups is 1. The largest absolute Gasteiger partial charge is 0.508 e. The van der Waals surface area contributed by atoms with Crippen LogP contribution in [-0.4, -0.2) is 123 Å². The molecule has 4 saturated heterocycles. The van der Waals surface area contributed by atoms with Crippen molar-refractivity contribution in [2.45, 2.75) is 121 Å². The Hall–Kier alpha value is -5.72. The number of hydrogen-bond acceptors (Lipinski definition) is 12. The van der Waals surface area contributed by atoms with Crippen LogP contribution in [-0.2, 0) is 16.0 Å². The fourth-order valence-electron chi connectivity index (χ4n) is 12.9. The minimum atomic E-state index is -1.28. The zero-order valence-electron chi connectivity index (χ0n) is 41.4. The fourth-order valence-corrected chi connectivity index (χ4v) is 12.9. The molecule has 73 heavy (non-hydrogen) atoms. The number of likely N-dealkylation sites (tertiary alicyclic amines) is 2. The molecule has 6 fully saturated rings. The van der Waals surface area contributed by atoms with Crippen molar-refractivity contribution in [3.63, 3.8) is 0 Å². The molecule has 4 aliphatic heterocycles. The van der Waals surface area contributed by atoms with Crippen molar-refractivity contribution in [2.24, 2.45) is 10.8 Å². The minimum Gasteiger partial charge on any atom is -0.508 e. The number of phenolic OH excluding ortho intramolecular Hbond substituents is 1. The Bertz CT molecular complexity index is 2960. The number of aromatic hydroxyl groups is 1. The van der Waals surface area contributed by atoms with Crippen LogP contribution >= 0.6 is 0 Å². The van der Waals surface area contributed by atoms with Gasteiger partial charge in [-0.15, -0.1) is 0 Å². The van der Waals surface area contributed by atoms with Crippen LogP contribution in [0.4, 0.5) is 33.5 Å². The van der Waals surface area contributed by atoms with Crippen molar-refractivity contribution in [3.05, 3.63) is 77.0 Å². The van der Waals surface area contributed by atoms with Crippen molar-refractivity contribution in [1.82, 2.24) is 30.1 Å². The van der Waals surface area contributed by atoms with Gasteiger partial charge in [-0.25, -0.2) is 22.0 Å². The van der Waals surface area contributed by atoms with Gasteiger partial charge in [-0.05, 0) is 174 Å². The van der Waals surface area contributed by atoms with Crippen molar-refractivity contribution < 1.29 is 46.5 Å². The Morgan fingerprint density at radius 1 is 0.877 bits per heavy atom. The Kier molecular flexibility index (Phi) is 12.8. The third-order valence-corrected chi connectivity index (χ3v) is 16.9. The number of carbonyl (C=O) groups is 2. The molecule has 2 saturated carbocycles. The normalized spacial score (nSPS) is 24.2. The monoisotopic (exact) mass is 1010 g/mol. The summed E-state index contributed by atoms with van der Waals surface area (Å²) in [4.78, 5) is 44.2. The molecule has 0 radical (unpaired) electrons. The van der Waals surface area contributed by atoms with E-state index in [4.69, 9.17) is 9.72 Å². The topological polar surface area (TPSA) is 156 Å². The van der Waals surface area contributed by atoms with Gasteiger partial charge < -0.3 is 35.0 Å². The lowest BCUT2D eigenvalue weighted by Crippen LogP contribution is -2.59. The van der Waals surface area contributed by atoms with Gasteiger partial charge >= 0.3 is 6.01 Å². The highest BCUT2D eigenvalue weighted by Crippen LogP contribution is 2.58. The number of phenols is 1. The summed E-state index contributed by atoms with van der Waals surface area (Å²) in [7, 11) is 0. The second-order valence-corrected chi connectivity index (χ2v) is 22.6. The smallest absolute Gasteiger partial charge is 0.319 e. The number of fused-ring (bicyclic) bond motifs is 2. The number of imide groups is 1. The third-order valence-electron chi connectivity index (χ3n) is 16.9. The number of pyridine rings is 1. The van der Waals surface area contributed by atoms with Gasteiger partial charge in [-0.2, -0.15) is 9.97 Å². The standard InChI is InChI=1S/C55H63F5N8O5/c1-3-36-39(56)6-5-33-21-35(69)24-37(44(33)36)46-45(59)47-38(25-61-46)49(68-16-4-11-52(2,72)28-68)65-51(64-47)73-31-54(12-13-54)29-67-19-14-53(15-20-67)26-55(60,27-53)30-66-17-9-32(10-18-66)34-22-40(57)48(41(58)23-34)62-42-7-8-43(70)63-50(42)71/h5-6,21-25,32,42,62,69,72H,3-4,7-20,26-31H2,1-2H3,(H,63,70,71)/t42?,52-/m1/s1. The van der Waals surface area contributed by atoms with Crippen LogP contribution in [0.25, 0.3) is 32.9 Å². The molecule has 6 aliphatic rings. The fraction of sp³-hybridized carbons (Fsp3) is 0.545. The van der Waals surface area contributed by atoms with Crippen LogP contribution in [0, 0.1) is 34.1 Å². The van der Waals surface area contributed by atoms with Gasteiger partial charge in [0.25, 0.3) is 0 Å². The number of halogens is 5. The molecule has 0 bridgehead atoms. The van der Waals surface area contributed by atoms with Crippen molar-refractivity contribution >= 4 is 45.0 Å². The number of aromatic nitrogens is 3. The summed E-state index contributed by atoms with van der Waals surface area (Å²) < 4.78 is 85.6. The lowest BCUT2D eigenvalue weighted by molar-refractivity contribution is -0.133. The molecule has 4 N–H and O–H groups in total. The number of piperidine rings is 4. The van der Waals surface area contributed by atoms with Crippen LogP contribution < -0.4 is 20.3 Å². The number of β-amino-alcohol motifs (C(OH)–C–C–N with tert-alkyl or cyclic N) is 1. The third kappa shape index (κ3) is 9.90. The summed E-state index contributed by atoms with van der Waals surface area (Å²) in [5, 5.41) is 28.0. The van der Waals surface area contributed by atoms with E-state index in [9.17, 15) is 19.8 Å².